The maximum absolute atomic E-state index is 10.9. The molecule has 3 aromatic heterocycles. The Morgan fingerprint density at radius 3 is 2.64 bits per heavy atom. The molecular formula is C23H33N9O4. The van der Waals surface area contributed by atoms with Crippen LogP contribution in [0.5, 0.6) is 0 Å². The minimum absolute atomic E-state index is 0.164. The number of aliphatic hydroxyl groups is 2. The highest BCUT2D eigenvalue weighted by Gasteiger charge is 2.48. The van der Waals surface area contributed by atoms with Gasteiger partial charge in [-0.25, -0.2) is 4.98 Å². The fraction of sp³-hybridized carbons (Fsp3) is 0.696. The van der Waals surface area contributed by atoms with Gasteiger partial charge in [-0.1, -0.05) is 13.8 Å². The number of nitrogens with one attached hydrogen (secondary N) is 3. The summed E-state index contributed by atoms with van der Waals surface area (Å²) in [5.41, 5.74) is 1.06. The molecule has 0 bridgehead atoms. The first-order chi connectivity index (χ1) is 17.6. The number of rotatable bonds is 9. The van der Waals surface area contributed by atoms with Crippen molar-refractivity contribution in [1.29, 1.82) is 0 Å². The third-order valence-electron chi connectivity index (χ3n) is 7.28. The van der Waals surface area contributed by atoms with Gasteiger partial charge in [0.15, 0.2) is 29.3 Å². The van der Waals surface area contributed by atoms with E-state index in [0.29, 0.717) is 28.8 Å². The van der Waals surface area contributed by atoms with Gasteiger partial charge in [0, 0.05) is 24.5 Å². The molecule has 2 aliphatic heterocycles. The minimum atomic E-state index is -1.25. The number of ether oxygens (including phenoxy) is 1. The first kappa shape index (κ1) is 23.5. The molecule has 3 aliphatic rings. The quantitative estimate of drug-likeness (QED) is 0.288. The number of nitrogens with zero attached hydrogens (tertiary/aromatic N) is 6. The van der Waals surface area contributed by atoms with Crippen molar-refractivity contribution in [2.24, 2.45) is 0 Å². The summed E-state index contributed by atoms with van der Waals surface area (Å²) in [6.07, 6.45) is 2.05. The Labute approximate surface area is 208 Å². The normalized spacial score (nSPS) is 28.4. The van der Waals surface area contributed by atoms with E-state index >= 15 is 0 Å². The van der Waals surface area contributed by atoms with Crippen molar-refractivity contribution in [3.05, 3.63) is 18.1 Å². The molecule has 3 aromatic rings. The molecule has 6 rings (SSSR count). The highest BCUT2D eigenvalue weighted by atomic mass is 16.6. The fourth-order valence-electron chi connectivity index (χ4n) is 4.86. The van der Waals surface area contributed by atoms with E-state index in [1.165, 1.54) is 0 Å². The second kappa shape index (κ2) is 9.54. The van der Waals surface area contributed by atoms with Crippen molar-refractivity contribution in [3.63, 3.8) is 0 Å². The lowest BCUT2D eigenvalue weighted by molar-refractivity contribution is -0.0439. The zero-order valence-electron chi connectivity index (χ0n) is 20.5. The average molecular weight is 500 g/mol. The lowest BCUT2D eigenvalue weighted by Gasteiger charge is -2.19. The number of imidazole rings is 1. The molecule has 2 saturated heterocycles. The third-order valence-corrected chi connectivity index (χ3v) is 7.28. The van der Waals surface area contributed by atoms with Gasteiger partial charge in [-0.2, -0.15) is 9.97 Å². The maximum Gasteiger partial charge on any atom is 0.248 e. The van der Waals surface area contributed by atoms with Crippen LogP contribution in [0.1, 0.15) is 76.0 Å². The monoisotopic (exact) mass is 499 g/mol. The Morgan fingerprint density at radius 1 is 1.11 bits per heavy atom. The van der Waals surface area contributed by atoms with Crippen LogP contribution in [0, 0.1) is 0 Å². The summed E-state index contributed by atoms with van der Waals surface area (Å²) in [4.78, 5) is 14.0. The highest BCUT2D eigenvalue weighted by Crippen LogP contribution is 2.43. The number of fused-ring (bicyclic) bond motifs is 1. The second-order valence-corrected chi connectivity index (χ2v) is 9.89. The Bertz CT molecular complexity index is 1200. The van der Waals surface area contributed by atoms with Crippen molar-refractivity contribution in [2.45, 2.75) is 88.5 Å². The molecule has 194 valence electrons. The van der Waals surface area contributed by atoms with Crippen molar-refractivity contribution < 1.29 is 19.4 Å². The summed E-state index contributed by atoms with van der Waals surface area (Å²) in [5, 5.41) is 40.1. The van der Waals surface area contributed by atoms with Crippen molar-refractivity contribution in [3.8, 4) is 0 Å². The van der Waals surface area contributed by atoms with E-state index in [4.69, 9.17) is 19.1 Å². The van der Waals surface area contributed by atoms with Crippen LogP contribution in [0.25, 0.3) is 11.2 Å². The SMILES string of the molecule is CCC(CC)Nc1nc(NC2CCNC2)nc2c1ncn2[C@@H]1O[C@H](c2nnc(C3CC3)o2)[C@@H](O)[C@H]1O. The summed E-state index contributed by atoms with van der Waals surface area (Å²) < 4.78 is 13.5. The summed E-state index contributed by atoms with van der Waals surface area (Å²) in [5.74, 6) is 2.09. The Morgan fingerprint density at radius 2 is 1.92 bits per heavy atom. The molecule has 1 saturated carbocycles. The van der Waals surface area contributed by atoms with Crippen LogP contribution in [0.15, 0.2) is 10.7 Å². The van der Waals surface area contributed by atoms with Crippen molar-refractivity contribution in [1.82, 2.24) is 35.0 Å². The molecule has 0 spiro atoms. The average Bonchev–Trinajstić information content (AvgIpc) is 3.24. The number of aliphatic hydroxyl groups excluding tert-OH is 2. The predicted octanol–water partition coefficient (Wildman–Crippen LogP) is 1.45. The van der Waals surface area contributed by atoms with Crippen LogP contribution < -0.4 is 16.0 Å². The molecule has 13 nitrogen and oxygen atoms in total. The van der Waals surface area contributed by atoms with Gasteiger partial charge in [-0.15, -0.1) is 10.2 Å². The summed E-state index contributed by atoms with van der Waals surface area (Å²) >= 11 is 0. The first-order valence-corrected chi connectivity index (χ1v) is 12.9. The third kappa shape index (κ3) is 4.29. The van der Waals surface area contributed by atoms with Crippen LogP contribution in [0.4, 0.5) is 11.8 Å². The zero-order chi connectivity index (χ0) is 24.8. The largest absolute Gasteiger partial charge is 0.422 e. The zero-order valence-corrected chi connectivity index (χ0v) is 20.5. The van der Waals surface area contributed by atoms with Crippen LogP contribution >= 0.6 is 0 Å². The summed E-state index contributed by atoms with van der Waals surface area (Å²) in [7, 11) is 0. The van der Waals surface area contributed by atoms with Gasteiger partial charge in [0.05, 0.1) is 6.33 Å². The van der Waals surface area contributed by atoms with Gasteiger partial charge < -0.3 is 35.3 Å². The predicted molar refractivity (Wildman–Crippen MR) is 129 cm³/mol. The van der Waals surface area contributed by atoms with Crippen molar-refractivity contribution >= 4 is 22.9 Å². The van der Waals surface area contributed by atoms with Crippen LogP contribution in [0.2, 0.25) is 0 Å². The molecule has 5 N–H and O–H groups in total. The Hall–Kier alpha value is -2.87. The van der Waals surface area contributed by atoms with E-state index in [1.54, 1.807) is 10.9 Å². The molecule has 0 radical (unpaired) electrons. The van der Waals surface area contributed by atoms with Gasteiger partial charge in [0.1, 0.15) is 12.2 Å². The van der Waals surface area contributed by atoms with Gasteiger partial charge >= 0.3 is 0 Å². The molecule has 1 aliphatic carbocycles. The molecule has 1 unspecified atom stereocenters. The van der Waals surface area contributed by atoms with Gasteiger partial charge in [0.2, 0.25) is 17.7 Å². The van der Waals surface area contributed by atoms with Crippen LogP contribution in [-0.4, -0.2) is 77.3 Å². The molecule has 5 heterocycles. The smallest absolute Gasteiger partial charge is 0.248 e. The van der Waals surface area contributed by atoms with Gasteiger partial charge in [-0.05, 0) is 38.6 Å². The molecule has 5 atom stereocenters. The second-order valence-electron chi connectivity index (χ2n) is 9.89. The molecule has 0 aromatic carbocycles. The maximum atomic E-state index is 10.9. The topological polar surface area (TPSA) is 168 Å². The van der Waals surface area contributed by atoms with Gasteiger partial charge in [-0.3, -0.25) is 4.57 Å². The first-order valence-electron chi connectivity index (χ1n) is 12.9. The Balaban J connectivity index is 1.33. The van der Waals surface area contributed by atoms with E-state index < -0.39 is 24.5 Å². The van der Waals surface area contributed by atoms with Crippen LogP contribution in [0.3, 0.4) is 0 Å². The molecule has 3 fully saturated rings. The number of hydrogen-bond acceptors (Lipinski definition) is 12. The standard InChI is InChI=1S/C23H33N9O4/c1-3-12(4-2)26-18-14-19(29-23(28-18)27-13-7-8-24-9-13)32(10-25-14)22-16(34)15(33)17(35-22)21-31-30-20(36-21)11-5-6-11/h10-13,15-17,22,24,33-34H,3-9H2,1-2H3,(H2,26,27,28,29)/t13?,15-,16+,17-,22+/m0/s1. The van der Waals surface area contributed by atoms with E-state index in [2.05, 4.69) is 45.0 Å². The highest BCUT2D eigenvalue weighted by molar-refractivity contribution is 5.84. The summed E-state index contributed by atoms with van der Waals surface area (Å²) in [6, 6.07) is 0.449. The van der Waals surface area contributed by atoms with E-state index in [0.717, 1.165) is 45.2 Å². The molecular weight excluding hydrogens is 466 g/mol. The fourth-order valence-corrected chi connectivity index (χ4v) is 4.86. The van der Waals surface area contributed by atoms with Crippen molar-refractivity contribution in [2.75, 3.05) is 23.7 Å². The van der Waals surface area contributed by atoms with E-state index in [1.807, 2.05) is 0 Å². The molecule has 36 heavy (non-hydrogen) atoms. The van der Waals surface area contributed by atoms with Crippen LogP contribution in [-0.2, 0) is 4.74 Å². The lowest BCUT2D eigenvalue weighted by Crippen LogP contribution is -2.29. The summed E-state index contributed by atoms with van der Waals surface area (Å²) in [6.45, 7) is 6.02. The Kier molecular flexibility index (Phi) is 6.23. The number of hydrogen-bond donors (Lipinski definition) is 5. The number of anilines is 2. The molecule has 13 heteroatoms. The van der Waals surface area contributed by atoms with Gasteiger partial charge in [0.25, 0.3) is 0 Å². The number of aromatic nitrogens is 6. The molecule has 0 amide bonds. The lowest BCUT2D eigenvalue weighted by atomic mass is 10.1. The van der Waals surface area contributed by atoms with E-state index in [9.17, 15) is 10.2 Å². The minimum Gasteiger partial charge on any atom is -0.422 e. The van der Waals surface area contributed by atoms with E-state index in [-0.39, 0.29) is 23.9 Å².